The minimum Gasteiger partial charge on any atom is -0.622 e. The largest absolute Gasteiger partial charge is 0.622 e. The minimum atomic E-state index is -0.923. The van der Waals surface area contributed by atoms with Gasteiger partial charge in [-0.3, -0.25) is 0 Å². The Hall–Kier alpha value is -4.11. The van der Waals surface area contributed by atoms with Gasteiger partial charge in [0.05, 0.1) is 7.11 Å². The van der Waals surface area contributed by atoms with Gasteiger partial charge in [-0.15, -0.1) is 0 Å². The van der Waals surface area contributed by atoms with E-state index in [0.717, 1.165) is 38.3 Å². The normalized spacial score (nSPS) is 16.0. The predicted molar refractivity (Wildman–Crippen MR) is 129 cm³/mol. The highest BCUT2D eigenvalue weighted by atomic mass is 16.5. The van der Waals surface area contributed by atoms with Crippen molar-refractivity contribution in [2.24, 2.45) is 0 Å². The Bertz CT molecular complexity index is 1240. The van der Waals surface area contributed by atoms with Gasteiger partial charge in [-0.1, -0.05) is 91.0 Å². The summed E-state index contributed by atoms with van der Waals surface area (Å²) in [6.07, 6.45) is 2.13. The maximum absolute atomic E-state index is 14.0. The molecule has 3 heteroatoms. The molecule has 0 N–H and O–H groups in total. The molecule has 3 nitrogen and oxygen atoms in total. The van der Waals surface area contributed by atoms with E-state index in [-0.39, 0.29) is 0 Å². The van der Waals surface area contributed by atoms with E-state index >= 15 is 0 Å². The summed E-state index contributed by atoms with van der Waals surface area (Å²) in [6.45, 7) is 0. The lowest BCUT2D eigenvalue weighted by atomic mass is 9.68. The second kappa shape index (κ2) is 8.20. The van der Waals surface area contributed by atoms with Gasteiger partial charge in [0.1, 0.15) is 11.3 Å². The first kappa shape index (κ1) is 19.8. The Balaban J connectivity index is 1.81. The van der Waals surface area contributed by atoms with Crippen molar-refractivity contribution >= 4 is 11.8 Å². The van der Waals surface area contributed by atoms with Crippen LogP contribution in [0, 0.1) is 5.21 Å². The highest BCUT2D eigenvalue weighted by molar-refractivity contribution is 6.17. The topological polar surface area (TPSA) is 35.3 Å². The Kier molecular flexibility index (Phi) is 5.08. The number of hydrogen-bond donors (Lipinski definition) is 0. The summed E-state index contributed by atoms with van der Waals surface area (Å²) >= 11 is 0. The van der Waals surface area contributed by atoms with Crippen LogP contribution in [0.2, 0.25) is 0 Å². The van der Waals surface area contributed by atoms with Gasteiger partial charge in [0.2, 0.25) is 5.71 Å². The van der Waals surface area contributed by atoms with Crippen LogP contribution >= 0.6 is 0 Å². The number of hydrogen-bond acceptors (Lipinski definition) is 2. The lowest BCUT2D eigenvalue weighted by molar-refractivity contribution is -0.554. The van der Waals surface area contributed by atoms with E-state index in [1.165, 1.54) is 0 Å². The van der Waals surface area contributed by atoms with Crippen molar-refractivity contribution in [3.8, 4) is 5.75 Å². The van der Waals surface area contributed by atoms with E-state index in [1.807, 2.05) is 103 Å². The Morgan fingerprint density at radius 3 is 1.69 bits per heavy atom. The summed E-state index contributed by atoms with van der Waals surface area (Å²) in [4.78, 5) is 0. The monoisotopic (exact) mass is 417 g/mol. The smallest absolute Gasteiger partial charge is 0.255 e. The van der Waals surface area contributed by atoms with Gasteiger partial charge in [-0.05, 0) is 35.9 Å². The van der Waals surface area contributed by atoms with Crippen molar-refractivity contribution in [2.75, 3.05) is 7.11 Å². The number of ether oxygens (including phenoxy) is 1. The molecule has 4 aromatic carbocycles. The molecule has 0 amide bonds. The van der Waals surface area contributed by atoms with Crippen molar-refractivity contribution in [1.29, 1.82) is 0 Å². The van der Waals surface area contributed by atoms with Gasteiger partial charge in [0.25, 0.3) is 5.54 Å². The van der Waals surface area contributed by atoms with E-state index < -0.39 is 5.54 Å². The number of nitrogens with zero attached hydrogens (tertiary/aromatic N) is 1. The quantitative estimate of drug-likeness (QED) is 0.293. The zero-order chi connectivity index (χ0) is 22.0. The van der Waals surface area contributed by atoms with Crippen LogP contribution in [0.3, 0.4) is 0 Å². The fourth-order valence-electron chi connectivity index (χ4n) is 4.49. The molecule has 156 valence electrons. The molecule has 5 rings (SSSR count). The van der Waals surface area contributed by atoms with Crippen LogP contribution in [-0.4, -0.2) is 17.6 Å². The van der Waals surface area contributed by atoms with Crippen LogP contribution in [0.1, 0.15) is 22.3 Å². The average Bonchev–Trinajstić information content (AvgIpc) is 2.86. The summed E-state index contributed by atoms with van der Waals surface area (Å²) in [7, 11) is 1.64. The molecule has 0 unspecified atom stereocenters. The molecule has 0 bridgehead atoms. The fourth-order valence-corrected chi connectivity index (χ4v) is 4.49. The lowest BCUT2D eigenvalue weighted by Crippen LogP contribution is -2.54. The molecule has 0 atom stereocenters. The van der Waals surface area contributed by atoms with Gasteiger partial charge in [-0.25, -0.2) is 0 Å². The number of methoxy groups -OCH3 is 1. The second-order valence-corrected chi connectivity index (χ2v) is 7.78. The van der Waals surface area contributed by atoms with E-state index in [1.54, 1.807) is 7.11 Å². The molecular formula is C29H23NO2. The molecule has 1 aliphatic rings. The maximum Gasteiger partial charge on any atom is 0.255 e. The van der Waals surface area contributed by atoms with Crippen molar-refractivity contribution in [1.82, 2.24) is 0 Å². The molecule has 1 heterocycles. The zero-order valence-corrected chi connectivity index (χ0v) is 17.8. The van der Waals surface area contributed by atoms with Crippen LogP contribution < -0.4 is 4.74 Å². The molecule has 0 aliphatic carbocycles. The fraction of sp³-hybridized carbons (Fsp3) is 0.0690. The SMILES string of the molecule is COc1ccc(C2=[N+]([O-])C(c3ccccc3)(c3ccccc3)C2=Cc2ccccc2)cc1. The standard InChI is InChI=1S/C29H23NO2/c1-32-26-19-17-23(18-20-26)28-27(21-22-11-5-2-6-12-22)29(30(28)31,24-13-7-3-8-14-24)25-15-9-4-10-16-25/h2-21H,1H3. The summed E-state index contributed by atoms with van der Waals surface area (Å²) < 4.78 is 6.47. The van der Waals surface area contributed by atoms with Crippen LogP contribution in [0.5, 0.6) is 5.75 Å². The van der Waals surface area contributed by atoms with Crippen LogP contribution in [-0.2, 0) is 5.54 Å². The van der Waals surface area contributed by atoms with Crippen LogP contribution in [0.4, 0.5) is 0 Å². The maximum atomic E-state index is 14.0. The molecule has 32 heavy (non-hydrogen) atoms. The Labute approximate surface area is 188 Å². The summed E-state index contributed by atoms with van der Waals surface area (Å²) in [5.41, 5.74) is 4.53. The first-order chi connectivity index (χ1) is 15.7. The molecule has 0 radical (unpaired) electrons. The molecule has 0 spiro atoms. The number of rotatable bonds is 5. The van der Waals surface area contributed by atoms with Gasteiger partial charge >= 0.3 is 0 Å². The highest BCUT2D eigenvalue weighted by Gasteiger charge is 2.59. The summed E-state index contributed by atoms with van der Waals surface area (Å²) in [5.74, 6) is 0.761. The third-order valence-corrected chi connectivity index (χ3v) is 6.01. The Morgan fingerprint density at radius 1 is 0.688 bits per heavy atom. The van der Waals surface area contributed by atoms with Gasteiger partial charge < -0.3 is 9.94 Å². The number of benzene rings is 4. The average molecular weight is 418 g/mol. The van der Waals surface area contributed by atoms with Crippen molar-refractivity contribution < 1.29 is 9.48 Å². The highest BCUT2D eigenvalue weighted by Crippen LogP contribution is 2.49. The van der Waals surface area contributed by atoms with Gasteiger partial charge in [-0.2, -0.15) is 4.74 Å². The predicted octanol–water partition coefficient (Wildman–Crippen LogP) is 6.04. The van der Waals surface area contributed by atoms with Crippen molar-refractivity contribution in [3.05, 3.63) is 148 Å². The summed E-state index contributed by atoms with van der Waals surface area (Å²) in [6, 6.07) is 37.8. The van der Waals surface area contributed by atoms with Gasteiger partial charge in [0, 0.05) is 16.7 Å². The third-order valence-electron chi connectivity index (χ3n) is 6.01. The van der Waals surface area contributed by atoms with Crippen molar-refractivity contribution in [2.45, 2.75) is 5.54 Å². The summed E-state index contributed by atoms with van der Waals surface area (Å²) in [5, 5.41) is 14.0. The molecule has 0 saturated heterocycles. The minimum absolute atomic E-state index is 0.671. The molecule has 0 aromatic heterocycles. The number of hydroxylamine groups is 1. The van der Waals surface area contributed by atoms with E-state index in [4.69, 9.17) is 4.74 Å². The molecule has 1 aliphatic heterocycles. The van der Waals surface area contributed by atoms with E-state index in [0.29, 0.717) is 5.71 Å². The van der Waals surface area contributed by atoms with Crippen LogP contribution in [0.15, 0.2) is 121 Å². The first-order valence-corrected chi connectivity index (χ1v) is 10.6. The van der Waals surface area contributed by atoms with Gasteiger partial charge in [0.15, 0.2) is 0 Å². The molecule has 4 aromatic rings. The lowest BCUT2D eigenvalue weighted by Gasteiger charge is -2.43. The van der Waals surface area contributed by atoms with E-state index in [9.17, 15) is 5.21 Å². The first-order valence-electron chi connectivity index (χ1n) is 10.6. The van der Waals surface area contributed by atoms with E-state index in [2.05, 4.69) is 18.2 Å². The molecule has 0 fully saturated rings. The molecular weight excluding hydrogens is 394 g/mol. The second-order valence-electron chi connectivity index (χ2n) is 7.78. The molecule has 0 saturated carbocycles. The zero-order valence-electron chi connectivity index (χ0n) is 17.8. The third kappa shape index (κ3) is 3.10. The van der Waals surface area contributed by atoms with Crippen molar-refractivity contribution in [3.63, 3.8) is 0 Å². The Morgan fingerprint density at radius 2 is 1.19 bits per heavy atom. The van der Waals surface area contributed by atoms with Crippen LogP contribution in [0.25, 0.3) is 6.08 Å².